The third-order valence-corrected chi connectivity index (χ3v) is 5.62. The van der Waals surface area contributed by atoms with E-state index in [0.29, 0.717) is 31.3 Å². The summed E-state index contributed by atoms with van der Waals surface area (Å²) >= 11 is 0. The van der Waals surface area contributed by atoms with Gasteiger partial charge in [0.05, 0.1) is 5.75 Å². The van der Waals surface area contributed by atoms with Gasteiger partial charge in [-0.3, -0.25) is 4.99 Å². The highest BCUT2D eigenvalue weighted by atomic mass is 127. The normalized spacial score (nSPS) is 18.0. The number of halogens is 2. The molecular weight excluding hydrogens is 496 g/mol. The number of anilines is 1. The molecule has 160 valence electrons. The minimum absolute atomic E-state index is 0. The topological polar surface area (TPSA) is 86.7 Å². The predicted octanol–water partition coefficient (Wildman–Crippen LogP) is 2.04. The fraction of sp³-hybridized carbons (Fsp3) is 0.667. The summed E-state index contributed by atoms with van der Waals surface area (Å²) in [5.41, 5.74) is -0.181. The summed E-state index contributed by atoms with van der Waals surface area (Å²) in [5.74, 6) is 0.900. The molecule has 7 nitrogen and oxygen atoms in total. The molecule has 1 aliphatic rings. The number of hydrogen-bond donors (Lipinski definition) is 2. The third-order valence-electron chi connectivity index (χ3n) is 4.68. The van der Waals surface area contributed by atoms with Gasteiger partial charge in [0.15, 0.2) is 17.6 Å². The van der Waals surface area contributed by atoms with E-state index in [-0.39, 0.29) is 47.0 Å². The van der Waals surface area contributed by atoms with Gasteiger partial charge in [-0.1, -0.05) is 13.8 Å². The molecule has 1 unspecified atom stereocenters. The monoisotopic (exact) mass is 527 g/mol. The number of nitrogens with zero attached hydrogens (tertiary/aromatic N) is 3. The molecule has 1 aromatic heterocycles. The molecule has 0 aliphatic carbocycles. The van der Waals surface area contributed by atoms with Gasteiger partial charge >= 0.3 is 0 Å². The van der Waals surface area contributed by atoms with Gasteiger partial charge in [0.2, 0.25) is 0 Å². The van der Waals surface area contributed by atoms with Crippen LogP contribution in [-0.4, -0.2) is 64.1 Å². The Morgan fingerprint density at radius 3 is 2.79 bits per heavy atom. The molecule has 2 rings (SSSR count). The van der Waals surface area contributed by atoms with Gasteiger partial charge in [0.25, 0.3) is 0 Å². The molecule has 0 spiro atoms. The average Bonchev–Trinajstić information content (AvgIpc) is 3.05. The van der Waals surface area contributed by atoms with Crippen LogP contribution in [0.2, 0.25) is 0 Å². The van der Waals surface area contributed by atoms with Crippen molar-refractivity contribution in [3.05, 3.63) is 24.1 Å². The van der Waals surface area contributed by atoms with Crippen molar-refractivity contribution >= 4 is 45.6 Å². The summed E-state index contributed by atoms with van der Waals surface area (Å²) < 4.78 is 36.7. The number of aliphatic imine (C=N–C) groups is 1. The van der Waals surface area contributed by atoms with E-state index in [0.717, 1.165) is 13.0 Å². The molecule has 0 radical (unpaired) electrons. The van der Waals surface area contributed by atoms with Crippen molar-refractivity contribution in [1.82, 2.24) is 15.6 Å². The second-order valence-corrected chi connectivity index (χ2v) is 10.1. The summed E-state index contributed by atoms with van der Waals surface area (Å²) in [5, 5.41) is 6.63. The lowest BCUT2D eigenvalue weighted by atomic mass is 9.90. The first kappa shape index (κ1) is 24.9. The van der Waals surface area contributed by atoms with Crippen LogP contribution in [0.4, 0.5) is 10.2 Å². The van der Waals surface area contributed by atoms with E-state index in [4.69, 9.17) is 0 Å². The molecule has 1 saturated heterocycles. The lowest BCUT2D eigenvalue weighted by Gasteiger charge is -2.27. The average molecular weight is 527 g/mol. The predicted molar refractivity (Wildman–Crippen MR) is 123 cm³/mol. The highest BCUT2D eigenvalue weighted by molar-refractivity contribution is 14.0. The van der Waals surface area contributed by atoms with Crippen molar-refractivity contribution < 1.29 is 12.8 Å². The second-order valence-electron chi connectivity index (χ2n) is 7.85. The molecular formula is C18H31FIN5O2S. The van der Waals surface area contributed by atoms with E-state index in [2.05, 4.69) is 20.6 Å². The van der Waals surface area contributed by atoms with Gasteiger partial charge in [-0.2, -0.15) is 0 Å². The maximum absolute atomic E-state index is 13.9. The Hall–Kier alpha value is -1.17. The first-order valence-electron chi connectivity index (χ1n) is 9.10. The molecule has 1 aromatic rings. The van der Waals surface area contributed by atoms with Gasteiger partial charge in [-0.15, -0.1) is 24.0 Å². The smallest absolute Gasteiger partial charge is 0.191 e. The summed E-state index contributed by atoms with van der Waals surface area (Å²) in [4.78, 5) is 10.3. The van der Waals surface area contributed by atoms with E-state index < -0.39 is 9.84 Å². The van der Waals surface area contributed by atoms with Crippen molar-refractivity contribution in [2.75, 3.05) is 43.6 Å². The first-order chi connectivity index (χ1) is 12.6. The third kappa shape index (κ3) is 8.06. The Labute approximate surface area is 184 Å². The molecule has 28 heavy (non-hydrogen) atoms. The Kier molecular flexibility index (Phi) is 9.38. The minimum Gasteiger partial charge on any atom is -0.356 e. The van der Waals surface area contributed by atoms with Crippen LogP contribution in [0, 0.1) is 11.2 Å². The van der Waals surface area contributed by atoms with Gasteiger partial charge in [-0.05, 0) is 30.4 Å². The summed E-state index contributed by atoms with van der Waals surface area (Å²) in [6.07, 6.45) is 4.28. The molecule has 1 fully saturated rings. The first-order valence-corrected chi connectivity index (χ1v) is 11.2. The van der Waals surface area contributed by atoms with E-state index in [1.807, 2.05) is 18.7 Å². The number of rotatable bonds is 7. The van der Waals surface area contributed by atoms with Crippen LogP contribution >= 0.6 is 24.0 Å². The Balaban J connectivity index is 0.00000392. The fourth-order valence-corrected chi connectivity index (χ4v) is 3.86. The molecule has 2 heterocycles. The Morgan fingerprint density at radius 2 is 2.18 bits per heavy atom. The van der Waals surface area contributed by atoms with Gasteiger partial charge < -0.3 is 15.5 Å². The number of sulfone groups is 1. The van der Waals surface area contributed by atoms with E-state index in [1.165, 1.54) is 12.3 Å². The standard InChI is InChI=1S/C18H30FN5O2S.HI/c1-18(2,8-11-27(4,25)26)13-22-17(20-3)23-14-7-10-24(12-14)16-15(19)6-5-9-21-16;/h5-6,9,14H,7-8,10-13H2,1-4H3,(H2,20,22,23);1H. The summed E-state index contributed by atoms with van der Waals surface area (Å²) in [6, 6.07) is 3.14. The zero-order chi connectivity index (χ0) is 20.1. The van der Waals surface area contributed by atoms with Crippen molar-refractivity contribution in [2.24, 2.45) is 10.4 Å². The summed E-state index contributed by atoms with van der Waals surface area (Å²) in [6.45, 7) is 6.03. The number of aromatic nitrogens is 1. The zero-order valence-electron chi connectivity index (χ0n) is 16.9. The van der Waals surface area contributed by atoms with Crippen LogP contribution in [0.15, 0.2) is 23.3 Å². The molecule has 1 atom stereocenters. The maximum atomic E-state index is 13.9. The van der Waals surface area contributed by atoms with Crippen LogP contribution in [-0.2, 0) is 9.84 Å². The number of guanidine groups is 1. The highest BCUT2D eigenvalue weighted by Crippen LogP contribution is 2.21. The Morgan fingerprint density at radius 1 is 1.46 bits per heavy atom. The molecule has 2 N–H and O–H groups in total. The lowest BCUT2D eigenvalue weighted by molar-refractivity contribution is 0.348. The number of hydrogen-bond acceptors (Lipinski definition) is 5. The van der Waals surface area contributed by atoms with Crippen LogP contribution in [0.25, 0.3) is 0 Å². The van der Waals surface area contributed by atoms with Gasteiger partial charge in [0, 0.05) is 45.2 Å². The van der Waals surface area contributed by atoms with E-state index >= 15 is 0 Å². The zero-order valence-corrected chi connectivity index (χ0v) is 20.1. The van der Waals surface area contributed by atoms with Crippen molar-refractivity contribution in [2.45, 2.75) is 32.7 Å². The molecule has 0 bridgehead atoms. The fourth-order valence-electron chi connectivity index (χ4n) is 2.94. The van der Waals surface area contributed by atoms with Crippen molar-refractivity contribution in [3.63, 3.8) is 0 Å². The number of pyridine rings is 1. The number of nitrogens with one attached hydrogen (secondary N) is 2. The van der Waals surface area contributed by atoms with Crippen LogP contribution in [0.3, 0.4) is 0 Å². The van der Waals surface area contributed by atoms with Gasteiger partial charge in [0.1, 0.15) is 9.84 Å². The maximum Gasteiger partial charge on any atom is 0.191 e. The van der Waals surface area contributed by atoms with Crippen LogP contribution in [0.5, 0.6) is 0 Å². The lowest BCUT2D eigenvalue weighted by Crippen LogP contribution is -2.47. The molecule has 0 amide bonds. The second kappa shape index (κ2) is 10.6. The van der Waals surface area contributed by atoms with E-state index in [9.17, 15) is 12.8 Å². The van der Waals surface area contributed by atoms with Crippen molar-refractivity contribution in [1.29, 1.82) is 0 Å². The SMILES string of the molecule is CN=C(NCC(C)(C)CCS(C)(=O)=O)NC1CCN(c2ncccc2F)C1.I. The van der Waals surface area contributed by atoms with Gasteiger partial charge in [-0.25, -0.2) is 17.8 Å². The minimum atomic E-state index is -2.97. The molecule has 1 aliphatic heterocycles. The molecule has 0 saturated carbocycles. The molecule has 10 heteroatoms. The quantitative estimate of drug-likeness (QED) is 0.321. The van der Waals surface area contributed by atoms with Crippen LogP contribution < -0.4 is 15.5 Å². The van der Waals surface area contributed by atoms with Crippen molar-refractivity contribution in [3.8, 4) is 0 Å². The van der Waals surface area contributed by atoms with E-state index in [1.54, 1.807) is 19.3 Å². The Bertz CT molecular complexity index is 773. The highest BCUT2D eigenvalue weighted by Gasteiger charge is 2.26. The summed E-state index contributed by atoms with van der Waals surface area (Å²) in [7, 11) is -1.27. The van der Waals surface area contributed by atoms with Crippen LogP contribution in [0.1, 0.15) is 26.7 Å². The largest absolute Gasteiger partial charge is 0.356 e. The molecule has 0 aromatic carbocycles.